The van der Waals surface area contributed by atoms with Gasteiger partial charge in [0.25, 0.3) is 5.91 Å². The first-order valence-corrected chi connectivity index (χ1v) is 27.4. The Bertz CT molecular complexity index is 2200. The van der Waals surface area contributed by atoms with Gasteiger partial charge in [0.2, 0.25) is 41.4 Å². The highest BCUT2D eigenvalue weighted by Crippen LogP contribution is 2.33. The van der Waals surface area contributed by atoms with Gasteiger partial charge in [0.15, 0.2) is 0 Å². The minimum atomic E-state index is -1.45. The first kappa shape index (κ1) is 60.2. The van der Waals surface area contributed by atoms with Crippen LogP contribution in [0.25, 0.3) is 0 Å². The molecule has 19 nitrogen and oxygen atoms in total. The maximum Gasteiger partial charge on any atom is 0.254 e. The monoisotopic (exact) mass is 1050 g/mol. The number of benzene rings is 1. The lowest BCUT2D eigenvalue weighted by molar-refractivity contribution is -0.138. The quantitative estimate of drug-likeness (QED) is 0.0689. The van der Waals surface area contributed by atoms with Crippen molar-refractivity contribution >= 4 is 47.3 Å². The molecule has 8 amide bonds. The number of hydrogen-bond donors (Lipinski definition) is 9. The van der Waals surface area contributed by atoms with Crippen LogP contribution in [0.2, 0.25) is 0 Å². The van der Waals surface area contributed by atoms with Crippen molar-refractivity contribution in [3.8, 4) is 0 Å². The Labute approximate surface area is 444 Å². The maximum absolute atomic E-state index is 14.0. The zero-order valence-corrected chi connectivity index (χ0v) is 46.2. The van der Waals surface area contributed by atoms with E-state index < -0.39 is 81.9 Å². The summed E-state index contributed by atoms with van der Waals surface area (Å²) in [5.41, 5.74) is -1.82. The molecular formula is C55H88FN11O8. The number of carbonyl (C=O) groups is 8. The first-order valence-electron chi connectivity index (χ1n) is 27.4. The zero-order chi connectivity index (χ0) is 55.1. The molecule has 1 aromatic rings. The average molecular weight is 1050 g/mol. The number of allylic oxidation sites excluding steroid dienone is 1. The van der Waals surface area contributed by atoms with E-state index in [0.717, 1.165) is 76.7 Å². The van der Waals surface area contributed by atoms with E-state index in [4.69, 9.17) is 0 Å². The van der Waals surface area contributed by atoms with Gasteiger partial charge in [-0.3, -0.25) is 43.3 Å². The Morgan fingerprint density at radius 1 is 0.720 bits per heavy atom. The minimum absolute atomic E-state index is 0.00769. The van der Waals surface area contributed by atoms with Crippen LogP contribution in [0.15, 0.2) is 35.5 Å². The van der Waals surface area contributed by atoms with E-state index in [0.29, 0.717) is 50.5 Å². The second-order valence-electron chi connectivity index (χ2n) is 23.3. The van der Waals surface area contributed by atoms with Gasteiger partial charge in [-0.2, -0.15) is 0 Å². The number of halogens is 1. The molecule has 1 unspecified atom stereocenters. The fourth-order valence-corrected chi connectivity index (χ4v) is 10.4. The summed E-state index contributed by atoms with van der Waals surface area (Å²) < 4.78 is 13.7. The molecule has 0 spiro atoms. The molecule has 1 aromatic carbocycles. The van der Waals surface area contributed by atoms with Crippen molar-refractivity contribution < 1.29 is 42.7 Å². The highest BCUT2D eigenvalue weighted by molar-refractivity contribution is 5.99. The minimum Gasteiger partial charge on any atom is -0.378 e. The summed E-state index contributed by atoms with van der Waals surface area (Å²) >= 11 is 0. The molecule has 9 N–H and O–H groups in total. The van der Waals surface area contributed by atoms with Gasteiger partial charge in [-0.15, -0.1) is 0 Å². The van der Waals surface area contributed by atoms with Crippen LogP contribution in [-0.2, 0) is 33.6 Å². The third kappa shape index (κ3) is 18.3. The van der Waals surface area contributed by atoms with Crippen molar-refractivity contribution in [2.75, 3.05) is 58.9 Å². The van der Waals surface area contributed by atoms with Gasteiger partial charge < -0.3 is 52.8 Å². The van der Waals surface area contributed by atoms with E-state index in [1.165, 1.54) is 49.4 Å². The van der Waals surface area contributed by atoms with Gasteiger partial charge in [-0.25, -0.2) is 4.39 Å². The first-order chi connectivity index (χ1) is 35.3. The Kier molecular flexibility index (Phi) is 22.0. The van der Waals surface area contributed by atoms with Gasteiger partial charge in [0.1, 0.15) is 35.0 Å². The molecule has 418 valence electrons. The van der Waals surface area contributed by atoms with Gasteiger partial charge in [-0.05, 0) is 134 Å². The zero-order valence-electron chi connectivity index (χ0n) is 46.2. The Hall–Kier alpha value is -5.63. The van der Waals surface area contributed by atoms with Crippen LogP contribution in [-0.4, -0.2) is 151 Å². The number of nitrogens with one attached hydrogen (secondary N) is 9. The van der Waals surface area contributed by atoms with Crippen LogP contribution >= 0.6 is 0 Å². The molecule has 2 aliphatic carbocycles. The van der Waals surface area contributed by atoms with Crippen LogP contribution in [0.1, 0.15) is 150 Å². The highest BCUT2D eigenvalue weighted by atomic mass is 19.1. The average Bonchev–Trinajstić information content (AvgIpc) is 3.74. The second kappa shape index (κ2) is 27.4. The molecule has 75 heavy (non-hydrogen) atoms. The number of amides is 8. The third-order valence-corrected chi connectivity index (χ3v) is 14.9. The molecule has 2 saturated carbocycles. The van der Waals surface area contributed by atoms with E-state index >= 15 is 0 Å². The van der Waals surface area contributed by atoms with E-state index in [9.17, 15) is 42.7 Å². The number of likely N-dealkylation sites (tertiary alicyclic amines) is 1. The largest absolute Gasteiger partial charge is 0.378 e. The van der Waals surface area contributed by atoms with Crippen LogP contribution in [0.4, 0.5) is 4.39 Å². The molecule has 0 bridgehead atoms. The summed E-state index contributed by atoms with van der Waals surface area (Å²) in [6.45, 7) is 20.1. The van der Waals surface area contributed by atoms with Gasteiger partial charge >= 0.3 is 0 Å². The summed E-state index contributed by atoms with van der Waals surface area (Å²) in [6.07, 6.45) is 9.64. The lowest BCUT2D eigenvalue weighted by Gasteiger charge is -2.35. The van der Waals surface area contributed by atoms with E-state index in [1.54, 1.807) is 27.7 Å². The van der Waals surface area contributed by atoms with E-state index in [2.05, 4.69) is 52.8 Å². The molecular weight excluding hydrogens is 962 g/mol. The van der Waals surface area contributed by atoms with Gasteiger partial charge in [0, 0.05) is 57.1 Å². The number of hydrogen-bond acceptors (Lipinski definition) is 11. The smallest absolute Gasteiger partial charge is 0.254 e. The van der Waals surface area contributed by atoms with Crippen molar-refractivity contribution in [3.05, 3.63) is 46.9 Å². The Morgan fingerprint density at radius 2 is 1.36 bits per heavy atom. The van der Waals surface area contributed by atoms with Crippen molar-refractivity contribution in [2.45, 2.75) is 174 Å². The van der Waals surface area contributed by atoms with Crippen LogP contribution in [0.3, 0.4) is 0 Å². The number of rotatable bonds is 25. The molecule has 2 saturated heterocycles. The summed E-state index contributed by atoms with van der Waals surface area (Å²) in [7, 11) is 0. The van der Waals surface area contributed by atoms with Crippen molar-refractivity contribution in [2.24, 2.45) is 17.8 Å². The normalized spacial score (nSPS) is 19.5. The maximum atomic E-state index is 14.0. The lowest BCUT2D eigenvalue weighted by atomic mass is 9.84. The highest BCUT2D eigenvalue weighted by Gasteiger charge is 2.41. The summed E-state index contributed by atoms with van der Waals surface area (Å²) in [4.78, 5) is 113. The fourth-order valence-electron chi connectivity index (χ4n) is 10.4. The second-order valence-corrected chi connectivity index (χ2v) is 23.3. The van der Waals surface area contributed by atoms with Crippen LogP contribution in [0.5, 0.6) is 0 Å². The van der Waals surface area contributed by atoms with E-state index in [-0.39, 0.29) is 42.8 Å². The number of carbonyl (C=O) groups excluding carboxylic acids is 8. The molecule has 0 aromatic heterocycles. The topological polar surface area (TPSA) is 251 Å². The Morgan fingerprint density at radius 3 is 1.99 bits per heavy atom. The molecule has 4 atom stereocenters. The van der Waals surface area contributed by atoms with E-state index in [1.807, 2.05) is 20.8 Å². The molecule has 2 heterocycles. The van der Waals surface area contributed by atoms with Crippen molar-refractivity contribution in [3.63, 3.8) is 0 Å². The van der Waals surface area contributed by atoms with Gasteiger partial charge in [0.05, 0.1) is 18.6 Å². The fraction of sp³-hybridized carbons (Fsp3) is 0.709. The third-order valence-electron chi connectivity index (χ3n) is 14.9. The van der Waals surface area contributed by atoms with Crippen molar-refractivity contribution in [1.29, 1.82) is 0 Å². The predicted molar refractivity (Wildman–Crippen MR) is 285 cm³/mol. The van der Waals surface area contributed by atoms with Crippen LogP contribution in [0, 0.1) is 23.6 Å². The summed E-state index contributed by atoms with van der Waals surface area (Å²) in [5.74, 6) is -3.91. The van der Waals surface area contributed by atoms with Crippen LogP contribution < -0.4 is 47.9 Å². The van der Waals surface area contributed by atoms with Gasteiger partial charge in [-0.1, -0.05) is 52.9 Å². The summed E-state index contributed by atoms with van der Waals surface area (Å²) in [6, 6.07) is 2.41. The standard InChI is InChI=1S/C55H88FN11O8/c1-35(2)30-42(48(71)64-55(8,9)52(75)65-54(6,7)51(74)58-26-29-66-27-24-57-25-28-66)61-44(68)32-59-46(38-16-13-17-38)53(4,5)63-45(69)33-60-47(70)41(23-18-37-14-11-10-12-15-37)62-49(72)43-31-36(3)34-67(43)50(73)39-19-21-40(56)22-20-39/h19-22,35-37,41-43,57,59H,10-18,23-34H2,1-9H3,(H,58,74)(H,60,70)(H,61,68)(H,62,72)(H,63,69)(H,64,71)(H,65,75)/t36?,41-,42-,43-/m0/s1. The number of nitrogens with zero attached hydrogens (tertiary/aromatic N) is 2. The Balaban J connectivity index is 1.15. The molecule has 4 fully saturated rings. The molecule has 20 heteroatoms. The molecule has 4 aliphatic rings. The summed E-state index contributed by atoms with van der Waals surface area (Å²) in [5, 5.41) is 26.5. The SMILES string of the molecule is CC(C)C[C@H](NC(=O)CNC(=C1CCC1)C(C)(C)NC(=O)CNC(=O)[C@H](CCC1CCCCC1)NC(=O)[C@@H]1CC(C)CN1C(=O)c1ccc(F)cc1)C(=O)NC(C)(C)C(=O)NC(C)(C)C(=O)NCCN1CCNCC1. The molecule has 5 rings (SSSR count). The van der Waals surface area contributed by atoms with Crippen molar-refractivity contribution in [1.82, 2.24) is 57.7 Å². The molecule has 2 aliphatic heterocycles. The molecule has 0 radical (unpaired) electrons. The predicted octanol–water partition coefficient (Wildman–Crippen LogP) is 2.90. The lowest BCUT2D eigenvalue weighted by Crippen LogP contribution is -2.64. The number of piperazine rings is 1.